The fourth-order valence-electron chi connectivity index (χ4n) is 3.38. The lowest BCUT2D eigenvalue weighted by Crippen LogP contribution is -2.42. The van der Waals surface area contributed by atoms with E-state index in [0.717, 1.165) is 15.4 Å². The Labute approximate surface area is 183 Å². The van der Waals surface area contributed by atoms with Crippen LogP contribution in [-0.2, 0) is 14.8 Å². The summed E-state index contributed by atoms with van der Waals surface area (Å²) in [6.07, 6.45) is 0. The van der Waals surface area contributed by atoms with Crippen molar-refractivity contribution in [1.29, 1.82) is 0 Å². The molecule has 3 rings (SSSR count). The third-order valence-electron chi connectivity index (χ3n) is 4.99. The lowest BCUT2D eigenvalue weighted by Gasteiger charge is -2.26. The first kappa shape index (κ1) is 22.4. The van der Waals surface area contributed by atoms with Crippen molar-refractivity contribution in [3.8, 4) is 5.75 Å². The fraction of sp³-hybridized carbons (Fsp3) is 0.208. The van der Waals surface area contributed by atoms with E-state index in [1.807, 2.05) is 50.2 Å². The van der Waals surface area contributed by atoms with E-state index in [1.54, 1.807) is 37.4 Å². The molecule has 162 valence electrons. The highest BCUT2D eigenvalue weighted by atomic mass is 32.2. The molecule has 1 atom stereocenters. The van der Waals surface area contributed by atoms with Crippen LogP contribution in [0.5, 0.6) is 5.75 Å². The number of anilines is 1. The van der Waals surface area contributed by atoms with E-state index in [1.165, 1.54) is 12.1 Å². The quantitative estimate of drug-likeness (QED) is 0.575. The van der Waals surface area contributed by atoms with Crippen molar-refractivity contribution in [2.75, 3.05) is 18.0 Å². The second-order valence-electron chi connectivity index (χ2n) is 7.14. The number of nitrogens with one attached hydrogen (secondary N) is 1. The highest BCUT2D eigenvalue weighted by Gasteiger charge is 2.28. The molecule has 0 radical (unpaired) electrons. The summed E-state index contributed by atoms with van der Waals surface area (Å²) in [6, 6.07) is 22.3. The average Bonchev–Trinajstić information content (AvgIpc) is 2.78. The fourth-order valence-corrected chi connectivity index (χ4v) is 4.89. The van der Waals surface area contributed by atoms with Crippen molar-refractivity contribution < 1.29 is 17.9 Å². The van der Waals surface area contributed by atoms with Crippen molar-refractivity contribution in [2.45, 2.75) is 24.8 Å². The smallest absolute Gasteiger partial charge is 0.264 e. The van der Waals surface area contributed by atoms with Crippen LogP contribution < -0.4 is 14.4 Å². The first-order valence-electron chi connectivity index (χ1n) is 9.90. The molecule has 0 saturated carbocycles. The van der Waals surface area contributed by atoms with Crippen LogP contribution >= 0.6 is 0 Å². The van der Waals surface area contributed by atoms with Gasteiger partial charge in [-0.25, -0.2) is 8.42 Å². The summed E-state index contributed by atoms with van der Waals surface area (Å²) >= 11 is 0. The Morgan fingerprint density at radius 3 is 2.26 bits per heavy atom. The third-order valence-corrected chi connectivity index (χ3v) is 6.76. The number of carbonyl (C=O) groups is 1. The maximum atomic E-state index is 13.4. The molecular weight excluding hydrogens is 412 g/mol. The molecule has 0 unspecified atom stereocenters. The van der Waals surface area contributed by atoms with Gasteiger partial charge in [0.2, 0.25) is 5.91 Å². The zero-order valence-corrected chi connectivity index (χ0v) is 18.6. The highest BCUT2D eigenvalue weighted by molar-refractivity contribution is 7.92. The number of hydrogen-bond acceptors (Lipinski definition) is 4. The van der Waals surface area contributed by atoms with Gasteiger partial charge in [-0.2, -0.15) is 0 Å². The van der Waals surface area contributed by atoms with Crippen molar-refractivity contribution in [3.63, 3.8) is 0 Å². The van der Waals surface area contributed by atoms with Gasteiger partial charge in [0.05, 0.1) is 23.7 Å². The molecule has 0 fully saturated rings. The van der Waals surface area contributed by atoms with Crippen LogP contribution in [0.1, 0.15) is 24.1 Å². The number of methoxy groups -OCH3 is 1. The largest absolute Gasteiger partial charge is 0.496 e. The molecule has 3 aromatic rings. The summed E-state index contributed by atoms with van der Waals surface area (Å²) in [7, 11) is -2.37. The Morgan fingerprint density at radius 2 is 1.58 bits per heavy atom. The summed E-state index contributed by atoms with van der Waals surface area (Å²) in [6.45, 7) is 3.30. The second-order valence-corrected chi connectivity index (χ2v) is 9.00. The lowest BCUT2D eigenvalue weighted by atomic mass is 10.1. The van der Waals surface area contributed by atoms with Crippen LogP contribution in [0.15, 0.2) is 83.8 Å². The monoisotopic (exact) mass is 438 g/mol. The predicted octanol–water partition coefficient (Wildman–Crippen LogP) is 4.08. The van der Waals surface area contributed by atoms with E-state index in [4.69, 9.17) is 4.74 Å². The summed E-state index contributed by atoms with van der Waals surface area (Å²) in [5.74, 6) is 0.240. The number of nitrogens with zero attached hydrogens (tertiary/aromatic N) is 1. The zero-order valence-electron chi connectivity index (χ0n) is 17.8. The first-order chi connectivity index (χ1) is 14.8. The Morgan fingerprint density at radius 1 is 0.968 bits per heavy atom. The molecule has 6 nitrogen and oxygen atoms in total. The molecule has 0 aliphatic carbocycles. The van der Waals surface area contributed by atoms with Crippen LogP contribution in [0, 0.1) is 6.92 Å². The van der Waals surface area contributed by atoms with Crippen molar-refractivity contribution in [3.05, 3.63) is 90.0 Å². The molecular formula is C24H26N2O4S. The summed E-state index contributed by atoms with van der Waals surface area (Å²) in [5.41, 5.74) is 2.03. The van der Waals surface area contributed by atoms with Gasteiger partial charge in [0, 0.05) is 5.56 Å². The minimum absolute atomic E-state index is 0.129. The molecule has 0 aliphatic heterocycles. The molecule has 3 aromatic carbocycles. The van der Waals surface area contributed by atoms with Gasteiger partial charge in [0.1, 0.15) is 12.3 Å². The van der Waals surface area contributed by atoms with Gasteiger partial charge in [-0.1, -0.05) is 54.6 Å². The van der Waals surface area contributed by atoms with Crippen LogP contribution in [0.25, 0.3) is 0 Å². The van der Waals surface area contributed by atoms with E-state index in [2.05, 4.69) is 5.32 Å². The van der Waals surface area contributed by atoms with E-state index in [9.17, 15) is 13.2 Å². The Balaban J connectivity index is 1.90. The average molecular weight is 439 g/mol. The van der Waals surface area contributed by atoms with Gasteiger partial charge in [-0.15, -0.1) is 0 Å². The van der Waals surface area contributed by atoms with E-state index < -0.39 is 15.9 Å². The Hall–Kier alpha value is -3.32. The maximum Gasteiger partial charge on any atom is 0.264 e. The van der Waals surface area contributed by atoms with Crippen molar-refractivity contribution in [2.24, 2.45) is 0 Å². The van der Waals surface area contributed by atoms with Gasteiger partial charge in [-0.05, 0) is 43.7 Å². The summed E-state index contributed by atoms with van der Waals surface area (Å²) in [5, 5.41) is 2.89. The van der Waals surface area contributed by atoms with Gasteiger partial charge in [0.15, 0.2) is 0 Å². The lowest BCUT2D eigenvalue weighted by molar-refractivity contribution is -0.120. The van der Waals surface area contributed by atoms with Crippen molar-refractivity contribution in [1.82, 2.24) is 5.32 Å². The number of rotatable bonds is 8. The number of amides is 1. The SMILES string of the molecule is COc1ccccc1[C@H](C)NC(=O)CN(c1ccccc1C)S(=O)(=O)c1ccccc1. The van der Waals surface area contributed by atoms with Crippen molar-refractivity contribution >= 4 is 21.6 Å². The molecule has 31 heavy (non-hydrogen) atoms. The maximum absolute atomic E-state index is 13.4. The predicted molar refractivity (Wildman–Crippen MR) is 122 cm³/mol. The van der Waals surface area contributed by atoms with E-state index in [0.29, 0.717) is 11.4 Å². The third kappa shape index (κ3) is 5.06. The molecule has 7 heteroatoms. The summed E-state index contributed by atoms with van der Waals surface area (Å²) < 4.78 is 33.3. The van der Waals surface area contributed by atoms with Crippen LogP contribution in [-0.4, -0.2) is 28.0 Å². The minimum Gasteiger partial charge on any atom is -0.496 e. The summed E-state index contributed by atoms with van der Waals surface area (Å²) in [4.78, 5) is 13.1. The second kappa shape index (κ2) is 9.66. The number of hydrogen-bond donors (Lipinski definition) is 1. The molecule has 0 heterocycles. The van der Waals surface area contributed by atoms with Gasteiger partial charge < -0.3 is 10.1 Å². The zero-order chi connectivity index (χ0) is 22.4. The Bertz CT molecular complexity index is 1150. The number of aryl methyl sites for hydroxylation is 1. The number of carbonyl (C=O) groups excluding carboxylic acids is 1. The Kier molecular flexibility index (Phi) is 6.97. The van der Waals surface area contributed by atoms with E-state index >= 15 is 0 Å². The van der Waals surface area contributed by atoms with Crippen LogP contribution in [0.3, 0.4) is 0 Å². The number of para-hydroxylation sites is 2. The van der Waals surface area contributed by atoms with Crippen LogP contribution in [0.2, 0.25) is 0 Å². The standard InChI is InChI=1S/C24H26N2O4S/c1-18-11-7-9-15-22(18)26(31(28,29)20-12-5-4-6-13-20)17-24(27)25-19(2)21-14-8-10-16-23(21)30-3/h4-16,19H,17H2,1-3H3,(H,25,27)/t19-/m0/s1. The van der Waals surface area contributed by atoms with Gasteiger partial charge in [0.25, 0.3) is 10.0 Å². The topological polar surface area (TPSA) is 75.7 Å². The first-order valence-corrected chi connectivity index (χ1v) is 11.3. The van der Waals surface area contributed by atoms with Crippen LogP contribution in [0.4, 0.5) is 5.69 Å². The van der Waals surface area contributed by atoms with Gasteiger partial charge in [-0.3, -0.25) is 9.10 Å². The molecule has 0 bridgehead atoms. The van der Waals surface area contributed by atoms with E-state index in [-0.39, 0.29) is 17.5 Å². The van der Waals surface area contributed by atoms with Gasteiger partial charge >= 0.3 is 0 Å². The minimum atomic E-state index is -3.94. The highest BCUT2D eigenvalue weighted by Crippen LogP contribution is 2.27. The number of ether oxygens (including phenoxy) is 1. The number of benzene rings is 3. The molecule has 1 amide bonds. The molecule has 0 aliphatic rings. The number of sulfonamides is 1. The molecule has 1 N–H and O–H groups in total. The normalized spacial score (nSPS) is 12.1. The molecule has 0 saturated heterocycles. The molecule has 0 aromatic heterocycles. The molecule has 0 spiro atoms.